The number of nitrogens with zero attached hydrogens (tertiary/aromatic N) is 2. The highest BCUT2D eigenvalue weighted by atomic mass is 19.4. The first kappa shape index (κ1) is 30.0. The molecule has 1 saturated heterocycles. The van der Waals surface area contributed by atoms with E-state index in [4.69, 9.17) is 4.74 Å². The summed E-state index contributed by atoms with van der Waals surface area (Å²) in [5.41, 5.74) is -1.59. The SMILES string of the molecule is O=C(OCC(F)(F)F)c1cn(C2CO[C@H](CO)CN2C(c2ccccc2)(c2ccccc2)c2ccccc2)c(=O)[nH]c1=O. The summed E-state index contributed by atoms with van der Waals surface area (Å²) < 4.78 is 49.5. The third-order valence-electron chi connectivity index (χ3n) is 7.33. The number of carbonyl (C=O) groups excluding carboxylic acids is 1. The number of aliphatic hydroxyl groups is 1. The van der Waals surface area contributed by atoms with Crippen molar-refractivity contribution in [1.82, 2.24) is 14.5 Å². The maximum absolute atomic E-state index is 13.3. The first-order valence-corrected chi connectivity index (χ1v) is 13.4. The van der Waals surface area contributed by atoms with Crippen molar-refractivity contribution in [2.24, 2.45) is 0 Å². The fourth-order valence-corrected chi connectivity index (χ4v) is 5.52. The Morgan fingerprint density at radius 3 is 1.88 bits per heavy atom. The van der Waals surface area contributed by atoms with Gasteiger partial charge in [-0.25, -0.2) is 9.59 Å². The largest absolute Gasteiger partial charge is 0.452 e. The van der Waals surface area contributed by atoms with Crippen LogP contribution in [0.25, 0.3) is 0 Å². The summed E-state index contributed by atoms with van der Waals surface area (Å²) in [6.45, 7) is -2.34. The van der Waals surface area contributed by atoms with Gasteiger partial charge in [0.1, 0.15) is 11.7 Å². The average molecular weight is 596 g/mol. The van der Waals surface area contributed by atoms with Gasteiger partial charge in [0, 0.05) is 12.7 Å². The van der Waals surface area contributed by atoms with E-state index < -0.39 is 53.4 Å². The molecule has 1 aliphatic heterocycles. The number of H-pyrrole nitrogens is 1. The first-order chi connectivity index (χ1) is 20.6. The Labute approximate surface area is 243 Å². The lowest BCUT2D eigenvalue weighted by Crippen LogP contribution is -2.60. The van der Waals surface area contributed by atoms with Crippen LogP contribution in [0.15, 0.2) is 107 Å². The van der Waals surface area contributed by atoms with Crippen LogP contribution >= 0.6 is 0 Å². The summed E-state index contributed by atoms with van der Waals surface area (Å²) in [6.07, 6.45) is -5.61. The van der Waals surface area contributed by atoms with E-state index in [9.17, 15) is 32.7 Å². The number of nitrogens with one attached hydrogen (secondary N) is 1. The second-order valence-corrected chi connectivity index (χ2v) is 9.98. The average Bonchev–Trinajstić information content (AvgIpc) is 3.02. The summed E-state index contributed by atoms with van der Waals surface area (Å²) in [5.74, 6) is -1.54. The van der Waals surface area contributed by atoms with Gasteiger partial charge in [-0.2, -0.15) is 13.2 Å². The molecular formula is C31H28F3N3O6. The predicted octanol–water partition coefficient (Wildman–Crippen LogP) is 3.44. The molecule has 2 atom stereocenters. The minimum atomic E-state index is -4.81. The van der Waals surface area contributed by atoms with Crippen molar-refractivity contribution in [2.45, 2.75) is 24.0 Å². The van der Waals surface area contributed by atoms with Gasteiger partial charge in [0.05, 0.1) is 24.9 Å². The smallest absolute Gasteiger partial charge is 0.422 e. The summed E-state index contributed by atoms with van der Waals surface area (Å²) in [5, 5.41) is 10.2. The molecule has 0 aliphatic carbocycles. The number of carbonyl (C=O) groups is 1. The molecule has 9 nitrogen and oxygen atoms in total. The number of alkyl halides is 3. The molecule has 0 bridgehead atoms. The minimum Gasteiger partial charge on any atom is -0.452 e. The highest BCUT2D eigenvalue weighted by Gasteiger charge is 2.48. The fraction of sp³-hybridized carbons (Fsp3) is 0.258. The number of morpholine rings is 1. The van der Waals surface area contributed by atoms with Crippen LogP contribution in [-0.4, -0.2) is 64.2 Å². The lowest BCUT2D eigenvalue weighted by Gasteiger charge is -2.52. The van der Waals surface area contributed by atoms with E-state index in [1.807, 2.05) is 101 Å². The fourth-order valence-electron chi connectivity index (χ4n) is 5.52. The zero-order valence-corrected chi connectivity index (χ0v) is 22.7. The number of benzene rings is 3. The molecule has 3 aromatic carbocycles. The Morgan fingerprint density at radius 1 is 0.907 bits per heavy atom. The van der Waals surface area contributed by atoms with Crippen LogP contribution in [0.3, 0.4) is 0 Å². The molecule has 5 rings (SSSR count). The zero-order valence-electron chi connectivity index (χ0n) is 22.7. The number of esters is 1. The molecule has 1 fully saturated rings. The van der Waals surface area contributed by atoms with Crippen LogP contribution < -0.4 is 11.2 Å². The van der Waals surface area contributed by atoms with Crippen molar-refractivity contribution in [1.29, 1.82) is 0 Å². The number of aromatic amines is 1. The van der Waals surface area contributed by atoms with Crippen LogP contribution in [0, 0.1) is 0 Å². The van der Waals surface area contributed by atoms with Crippen molar-refractivity contribution in [2.75, 3.05) is 26.4 Å². The topological polar surface area (TPSA) is 114 Å². The number of hydrogen-bond donors (Lipinski definition) is 2. The number of ether oxygens (including phenoxy) is 2. The second kappa shape index (κ2) is 12.4. The molecule has 2 heterocycles. The van der Waals surface area contributed by atoms with Crippen molar-refractivity contribution >= 4 is 5.97 Å². The van der Waals surface area contributed by atoms with Crippen molar-refractivity contribution < 1.29 is 32.5 Å². The van der Waals surface area contributed by atoms with Gasteiger partial charge in [-0.15, -0.1) is 0 Å². The number of aliphatic hydroxyl groups excluding tert-OH is 1. The Balaban J connectivity index is 1.75. The van der Waals surface area contributed by atoms with Gasteiger partial charge in [0.25, 0.3) is 5.56 Å². The van der Waals surface area contributed by atoms with Crippen LogP contribution in [0.2, 0.25) is 0 Å². The van der Waals surface area contributed by atoms with Crippen LogP contribution in [0.1, 0.15) is 33.2 Å². The lowest BCUT2D eigenvalue weighted by molar-refractivity contribution is -0.161. The first-order valence-electron chi connectivity index (χ1n) is 13.4. The van der Waals surface area contributed by atoms with E-state index in [0.717, 1.165) is 27.5 Å². The lowest BCUT2D eigenvalue weighted by atomic mass is 9.74. The highest BCUT2D eigenvalue weighted by molar-refractivity contribution is 5.88. The molecule has 4 aromatic rings. The minimum absolute atomic E-state index is 0.0826. The van der Waals surface area contributed by atoms with Gasteiger partial charge in [0.2, 0.25) is 0 Å². The number of hydrogen-bond acceptors (Lipinski definition) is 7. The van der Waals surface area contributed by atoms with E-state index in [-0.39, 0.29) is 19.8 Å². The molecule has 224 valence electrons. The van der Waals surface area contributed by atoms with Crippen molar-refractivity contribution in [3.05, 3.63) is 140 Å². The zero-order chi connectivity index (χ0) is 30.6. The monoisotopic (exact) mass is 595 g/mol. The molecule has 2 N–H and O–H groups in total. The quantitative estimate of drug-likeness (QED) is 0.237. The Kier molecular flexibility index (Phi) is 8.62. The number of halogens is 3. The van der Waals surface area contributed by atoms with E-state index in [1.54, 1.807) is 0 Å². The molecular weight excluding hydrogens is 567 g/mol. The maximum Gasteiger partial charge on any atom is 0.422 e. The summed E-state index contributed by atoms with van der Waals surface area (Å²) in [4.78, 5) is 42.4. The normalized spacial score (nSPS) is 17.9. The summed E-state index contributed by atoms with van der Waals surface area (Å²) in [7, 11) is 0. The molecule has 0 saturated carbocycles. The third kappa shape index (κ3) is 6.03. The highest BCUT2D eigenvalue weighted by Crippen LogP contribution is 2.46. The predicted molar refractivity (Wildman–Crippen MR) is 149 cm³/mol. The number of aromatic nitrogens is 2. The van der Waals surface area contributed by atoms with Crippen LogP contribution in [0.5, 0.6) is 0 Å². The molecule has 1 aliphatic rings. The van der Waals surface area contributed by atoms with Crippen LogP contribution in [0.4, 0.5) is 13.2 Å². The van der Waals surface area contributed by atoms with E-state index >= 15 is 0 Å². The Morgan fingerprint density at radius 2 is 1.42 bits per heavy atom. The summed E-state index contributed by atoms with van der Waals surface area (Å²) in [6, 6.07) is 28.4. The van der Waals surface area contributed by atoms with Gasteiger partial charge in [-0.3, -0.25) is 19.2 Å². The third-order valence-corrected chi connectivity index (χ3v) is 7.33. The molecule has 43 heavy (non-hydrogen) atoms. The summed E-state index contributed by atoms with van der Waals surface area (Å²) >= 11 is 0. The van der Waals surface area contributed by atoms with Crippen molar-refractivity contribution in [3.8, 4) is 0 Å². The van der Waals surface area contributed by atoms with E-state index in [2.05, 4.69) is 4.74 Å². The van der Waals surface area contributed by atoms with Crippen molar-refractivity contribution in [3.63, 3.8) is 0 Å². The van der Waals surface area contributed by atoms with Gasteiger partial charge < -0.3 is 14.6 Å². The maximum atomic E-state index is 13.3. The van der Waals surface area contributed by atoms with E-state index in [0.29, 0.717) is 0 Å². The van der Waals surface area contributed by atoms with Gasteiger partial charge in [-0.05, 0) is 16.7 Å². The van der Waals surface area contributed by atoms with Gasteiger partial charge in [0.15, 0.2) is 6.61 Å². The molecule has 1 aromatic heterocycles. The standard InChI is InChI=1S/C31H28F3N3O6/c32-30(33,34)20-43-28(40)25-17-36(29(41)35-27(25)39)26-19-42-24(18-38)16-37(26)31(21-10-4-1-5-11-21,22-12-6-2-7-13-22)23-14-8-3-9-15-23/h1-15,17,24,26,38H,16,18-20H2,(H,35,39,41)/t24-,26?/m0/s1. The molecule has 0 spiro atoms. The van der Waals surface area contributed by atoms with Gasteiger partial charge >= 0.3 is 17.8 Å². The van der Waals surface area contributed by atoms with Gasteiger partial charge in [-0.1, -0.05) is 91.0 Å². The molecule has 1 unspecified atom stereocenters. The Hall–Kier alpha value is -4.52. The number of rotatable bonds is 8. The molecule has 0 amide bonds. The molecule has 0 radical (unpaired) electrons. The molecule has 12 heteroatoms. The Bertz CT molecular complexity index is 1560. The van der Waals surface area contributed by atoms with E-state index in [1.165, 1.54) is 0 Å². The van der Waals surface area contributed by atoms with Crippen LogP contribution in [-0.2, 0) is 15.0 Å². The second-order valence-electron chi connectivity index (χ2n) is 9.98.